The molecule has 72 valence electrons. The monoisotopic (exact) mass is 180 g/mol. The summed E-state index contributed by atoms with van der Waals surface area (Å²) in [4.78, 5) is 0. The molecule has 0 aromatic carbocycles. The fraction of sp³-hybridized carbons (Fsp3) is 0.700. The van der Waals surface area contributed by atoms with Gasteiger partial charge in [0.1, 0.15) is 11.5 Å². The number of hydrogen-bond donors (Lipinski definition) is 1. The Labute approximate surface area is 78.3 Å². The lowest BCUT2D eigenvalue weighted by atomic mass is 10.0. The van der Waals surface area contributed by atoms with Crippen molar-refractivity contribution in [3.63, 3.8) is 0 Å². The molecular formula is C10H16N2O. The molecule has 1 unspecified atom stereocenters. The summed E-state index contributed by atoms with van der Waals surface area (Å²) in [5, 5.41) is 4.00. The van der Waals surface area contributed by atoms with E-state index in [1.807, 2.05) is 6.07 Å². The smallest absolute Gasteiger partial charge is 0.140 e. The van der Waals surface area contributed by atoms with Gasteiger partial charge in [0.2, 0.25) is 0 Å². The topological polar surface area (TPSA) is 52.0 Å². The van der Waals surface area contributed by atoms with Crippen molar-refractivity contribution in [2.45, 2.75) is 38.6 Å². The second kappa shape index (κ2) is 3.14. The highest BCUT2D eigenvalue weighted by Crippen LogP contribution is 2.40. The van der Waals surface area contributed by atoms with E-state index in [0.29, 0.717) is 11.8 Å². The van der Waals surface area contributed by atoms with Crippen molar-refractivity contribution in [2.75, 3.05) is 0 Å². The lowest BCUT2D eigenvalue weighted by molar-refractivity contribution is 0.365. The molecule has 1 fully saturated rings. The molecule has 13 heavy (non-hydrogen) atoms. The van der Waals surface area contributed by atoms with Gasteiger partial charge in [-0.25, -0.2) is 0 Å². The van der Waals surface area contributed by atoms with Gasteiger partial charge in [0.15, 0.2) is 0 Å². The molecule has 3 heteroatoms. The van der Waals surface area contributed by atoms with E-state index in [0.717, 1.165) is 11.5 Å². The lowest BCUT2D eigenvalue weighted by Crippen LogP contribution is -2.16. The summed E-state index contributed by atoms with van der Waals surface area (Å²) in [6.07, 6.45) is 2.48. The van der Waals surface area contributed by atoms with Gasteiger partial charge in [0.25, 0.3) is 0 Å². The average molecular weight is 180 g/mol. The molecule has 0 amide bonds. The molecule has 0 bridgehead atoms. The predicted molar refractivity (Wildman–Crippen MR) is 50.2 cm³/mol. The zero-order valence-electron chi connectivity index (χ0n) is 8.16. The minimum Gasteiger partial charge on any atom is -0.361 e. The Morgan fingerprint density at radius 1 is 1.54 bits per heavy atom. The van der Waals surface area contributed by atoms with Gasteiger partial charge >= 0.3 is 0 Å². The van der Waals surface area contributed by atoms with Crippen LogP contribution in [0.15, 0.2) is 10.6 Å². The van der Waals surface area contributed by atoms with Crippen LogP contribution in [-0.4, -0.2) is 5.16 Å². The molecule has 1 aromatic rings. The molecule has 0 spiro atoms. The van der Waals surface area contributed by atoms with Crippen molar-refractivity contribution >= 4 is 0 Å². The van der Waals surface area contributed by atoms with Gasteiger partial charge in [-0.1, -0.05) is 19.0 Å². The third kappa shape index (κ3) is 1.75. The normalized spacial score (nSPS) is 19.4. The lowest BCUT2D eigenvalue weighted by Gasteiger charge is -2.10. The zero-order chi connectivity index (χ0) is 9.42. The molecule has 2 rings (SSSR count). The third-order valence-corrected chi connectivity index (χ3v) is 2.59. The molecule has 1 heterocycles. The van der Waals surface area contributed by atoms with Crippen LogP contribution in [0.4, 0.5) is 0 Å². The number of rotatable bonds is 3. The fourth-order valence-electron chi connectivity index (χ4n) is 1.36. The van der Waals surface area contributed by atoms with Crippen LogP contribution in [0.25, 0.3) is 0 Å². The van der Waals surface area contributed by atoms with Crippen LogP contribution in [-0.2, 0) is 0 Å². The van der Waals surface area contributed by atoms with Gasteiger partial charge in [-0.05, 0) is 18.8 Å². The second-order valence-corrected chi connectivity index (χ2v) is 4.20. The van der Waals surface area contributed by atoms with Crippen molar-refractivity contribution in [3.8, 4) is 0 Å². The first-order valence-corrected chi connectivity index (χ1v) is 4.90. The summed E-state index contributed by atoms with van der Waals surface area (Å²) in [6.45, 7) is 4.19. The number of hydrogen-bond acceptors (Lipinski definition) is 3. The van der Waals surface area contributed by atoms with E-state index in [4.69, 9.17) is 10.3 Å². The van der Waals surface area contributed by atoms with Gasteiger partial charge in [-0.3, -0.25) is 0 Å². The summed E-state index contributed by atoms with van der Waals surface area (Å²) in [7, 11) is 0. The highest BCUT2D eigenvalue weighted by atomic mass is 16.5. The van der Waals surface area contributed by atoms with Crippen LogP contribution in [0, 0.1) is 5.92 Å². The van der Waals surface area contributed by atoms with Gasteiger partial charge < -0.3 is 10.3 Å². The summed E-state index contributed by atoms with van der Waals surface area (Å²) in [5.41, 5.74) is 6.85. The minimum atomic E-state index is 0.0104. The molecule has 0 saturated heterocycles. The molecule has 1 aliphatic carbocycles. The van der Waals surface area contributed by atoms with E-state index in [2.05, 4.69) is 19.0 Å². The molecule has 1 aromatic heterocycles. The molecule has 1 saturated carbocycles. The predicted octanol–water partition coefficient (Wildman–Crippen LogP) is 2.21. The van der Waals surface area contributed by atoms with Crippen LogP contribution in [0.5, 0.6) is 0 Å². The summed E-state index contributed by atoms with van der Waals surface area (Å²) in [6, 6.07) is 2.03. The second-order valence-electron chi connectivity index (χ2n) is 4.20. The fourth-order valence-corrected chi connectivity index (χ4v) is 1.36. The maximum atomic E-state index is 5.95. The Hall–Kier alpha value is -0.830. The SMILES string of the molecule is CC(C)C(N)c1cc(C2CC2)on1. The van der Waals surface area contributed by atoms with E-state index >= 15 is 0 Å². The van der Waals surface area contributed by atoms with Crippen LogP contribution in [0.3, 0.4) is 0 Å². The summed E-state index contributed by atoms with van der Waals surface area (Å²) >= 11 is 0. The van der Waals surface area contributed by atoms with Crippen molar-refractivity contribution in [1.82, 2.24) is 5.16 Å². The maximum Gasteiger partial charge on any atom is 0.140 e. The largest absolute Gasteiger partial charge is 0.361 e. The number of nitrogens with zero attached hydrogens (tertiary/aromatic N) is 1. The summed E-state index contributed by atoms with van der Waals surface area (Å²) < 4.78 is 5.23. The molecule has 0 aliphatic heterocycles. The Bertz CT molecular complexity index is 289. The van der Waals surface area contributed by atoms with Crippen molar-refractivity contribution in [3.05, 3.63) is 17.5 Å². The van der Waals surface area contributed by atoms with E-state index in [1.165, 1.54) is 12.8 Å². The van der Waals surface area contributed by atoms with E-state index in [-0.39, 0.29) is 6.04 Å². The van der Waals surface area contributed by atoms with Crippen molar-refractivity contribution < 1.29 is 4.52 Å². The minimum absolute atomic E-state index is 0.0104. The van der Waals surface area contributed by atoms with Crippen LogP contribution < -0.4 is 5.73 Å². The Kier molecular flexibility index (Phi) is 2.12. The maximum absolute atomic E-state index is 5.95. The standard InChI is InChI=1S/C10H16N2O/c1-6(2)10(11)8-5-9(13-12-8)7-3-4-7/h5-7,10H,3-4,11H2,1-2H3. The van der Waals surface area contributed by atoms with Gasteiger partial charge in [0.05, 0.1) is 6.04 Å². The number of aromatic nitrogens is 1. The van der Waals surface area contributed by atoms with Gasteiger partial charge in [-0.15, -0.1) is 0 Å². The molecule has 0 radical (unpaired) electrons. The van der Waals surface area contributed by atoms with E-state index in [1.54, 1.807) is 0 Å². The van der Waals surface area contributed by atoms with Crippen LogP contribution in [0.1, 0.15) is 50.1 Å². The molecular weight excluding hydrogens is 164 g/mol. The number of nitrogens with two attached hydrogens (primary N) is 1. The quantitative estimate of drug-likeness (QED) is 0.775. The first-order valence-electron chi connectivity index (χ1n) is 4.90. The highest BCUT2D eigenvalue weighted by Gasteiger charge is 2.28. The molecule has 1 aliphatic rings. The third-order valence-electron chi connectivity index (χ3n) is 2.59. The Balaban J connectivity index is 2.11. The Morgan fingerprint density at radius 2 is 2.23 bits per heavy atom. The van der Waals surface area contributed by atoms with Crippen molar-refractivity contribution in [2.24, 2.45) is 11.7 Å². The molecule has 1 atom stereocenters. The van der Waals surface area contributed by atoms with Gasteiger partial charge in [0, 0.05) is 12.0 Å². The zero-order valence-corrected chi connectivity index (χ0v) is 8.16. The average Bonchev–Trinajstić information content (AvgIpc) is 2.83. The van der Waals surface area contributed by atoms with Crippen LogP contribution in [0.2, 0.25) is 0 Å². The molecule has 3 nitrogen and oxygen atoms in total. The van der Waals surface area contributed by atoms with Crippen molar-refractivity contribution in [1.29, 1.82) is 0 Å². The highest BCUT2D eigenvalue weighted by molar-refractivity contribution is 5.16. The van der Waals surface area contributed by atoms with Gasteiger partial charge in [-0.2, -0.15) is 0 Å². The first-order chi connectivity index (χ1) is 6.18. The molecule has 2 N–H and O–H groups in total. The summed E-state index contributed by atoms with van der Waals surface area (Å²) in [5.74, 6) is 2.06. The van der Waals surface area contributed by atoms with E-state index < -0.39 is 0 Å². The van der Waals surface area contributed by atoms with E-state index in [9.17, 15) is 0 Å². The van der Waals surface area contributed by atoms with Crippen LogP contribution >= 0.6 is 0 Å². The first kappa shape index (κ1) is 8.75. The Morgan fingerprint density at radius 3 is 2.77 bits per heavy atom.